The molecule has 5 nitrogen and oxygen atoms in total. The predicted octanol–water partition coefficient (Wildman–Crippen LogP) is 2.40. The lowest BCUT2D eigenvalue weighted by atomic mass is 10.2. The van der Waals surface area contributed by atoms with Crippen LogP contribution in [-0.4, -0.2) is 21.1 Å². The molecule has 1 aromatic carbocycles. The number of aryl methyl sites for hydroxylation is 1. The van der Waals surface area contributed by atoms with Crippen LogP contribution in [0.2, 0.25) is 0 Å². The molecule has 2 N–H and O–H groups in total. The second kappa shape index (κ2) is 5.21. The number of nitrogens with zero attached hydrogens (tertiary/aromatic N) is 3. The first kappa shape index (κ1) is 12.5. The van der Waals surface area contributed by atoms with Crippen LogP contribution in [0.4, 0.5) is 5.69 Å². The van der Waals surface area contributed by atoms with Gasteiger partial charge < -0.3 is 15.0 Å². The van der Waals surface area contributed by atoms with E-state index in [1.807, 2.05) is 37.4 Å². The highest BCUT2D eigenvalue weighted by atomic mass is 16.5. The van der Waals surface area contributed by atoms with Crippen LogP contribution in [0.5, 0.6) is 5.75 Å². The van der Waals surface area contributed by atoms with E-state index in [1.54, 1.807) is 12.4 Å². The third-order valence-electron chi connectivity index (χ3n) is 3.27. The van der Waals surface area contributed by atoms with Crippen molar-refractivity contribution in [2.24, 2.45) is 0 Å². The first-order valence-corrected chi connectivity index (χ1v) is 6.49. The van der Waals surface area contributed by atoms with E-state index in [2.05, 4.69) is 14.5 Å². The smallest absolute Gasteiger partial charge is 0.128 e. The molecule has 0 saturated heterocycles. The number of hydrogen-bond acceptors (Lipinski definition) is 4. The van der Waals surface area contributed by atoms with Crippen LogP contribution in [0.1, 0.15) is 5.82 Å². The Labute approximate surface area is 117 Å². The van der Waals surface area contributed by atoms with Gasteiger partial charge in [-0.25, -0.2) is 4.98 Å². The van der Waals surface area contributed by atoms with Crippen molar-refractivity contribution in [3.8, 4) is 5.75 Å². The van der Waals surface area contributed by atoms with Crippen LogP contribution in [0.3, 0.4) is 0 Å². The van der Waals surface area contributed by atoms with Gasteiger partial charge in [-0.15, -0.1) is 0 Å². The molecule has 0 aliphatic heterocycles. The summed E-state index contributed by atoms with van der Waals surface area (Å²) in [5.74, 6) is 1.79. The Morgan fingerprint density at radius 3 is 2.90 bits per heavy atom. The molecule has 0 spiro atoms. The fourth-order valence-electron chi connectivity index (χ4n) is 2.19. The lowest BCUT2D eigenvalue weighted by Crippen LogP contribution is -2.09. The van der Waals surface area contributed by atoms with Gasteiger partial charge in [0.15, 0.2) is 0 Å². The number of nitrogen functional groups attached to an aromatic ring is 1. The molecule has 0 saturated carbocycles. The quantitative estimate of drug-likeness (QED) is 0.738. The summed E-state index contributed by atoms with van der Waals surface area (Å²) in [5, 5.41) is 0.940. The van der Waals surface area contributed by atoms with Crippen molar-refractivity contribution in [3.05, 3.63) is 48.7 Å². The topological polar surface area (TPSA) is 66.0 Å². The molecule has 2 heterocycles. The van der Waals surface area contributed by atoms with Gasteiger partial charge in [-0.1, -0.05) is 0 Å². The van der Waals surface area contributed by atoms with Gasteiger partial charge in [0.2, 0.25) is 0 Å². The van der Waals surface area contributed by atoms with E-state index < -0.39 is 0 Å². The summed E-state index contributed by atoms with van der Waals surface area (Å²) < 4.78 is 7.91. The van der Waals surface area contributed by atoms with E-state index in [0.717, 1.165) is 29.0 Å². The zero-order chi connectivity index (χ0) is 13.9. The maximum absolute atomic E-state index is 5.92. The first-order chi connectivity index (χ1) is 9.75. The standard InChI is InChI=1S/C15H16N4O/c1-11-17-7-8-19(11)9-10-20-14-5-4-13(16)15-12(14)3-2-6-18-15/h2-8H,9-10,16H2,1H3. The van der Waals surface area contributed by atoms with Crippen molar-refractivity contribution in [3.63, 3.8) is 0 Å². The van der Waals surface area contributed by atoms with Gasteiger partial charge in [-0.05, 0) is 31.2 Å². The van der Waals surface area contributed by atoms with Crippen molar-refractivity contribution >= 4 is 16.6 Å². The Morgan fingerprint density at radius 2 is 2.10 bits per heavy atom. The molecule has 0 aliphatic rings. The van der Waals surface area contributed by atoms with Crippen LogP contribution in [0, 0.1) is 6.92 Å². The summed E-state index contributed by atoms with van der Waals surface area (Å²) >= 11 is 0. The van der Waals surface area contributed by atoms with Crippen LogP contribution < -0.4 is 10.5 Å². The van der Waals surface area contributed by atoms with E-state index in [0.29, 0.717) is 12.3 Å². The molecular formula is C15H16N4O. The lowest BCUT2D eigenvalue weighted by Gasteiger charge is -2.11. The Hall–Kier alpha value is -2.56. The maximum atomic E-state index is 5.92. The SMILES string of the molecule is Cc1nccn1CCOc1ccc(N)c2ncccc12. The van der Waals surface area contributed by atoms with Gasteiger partial charge in [-0.3, -0.25) is 4.98 Å². The molecule has 2 aromatic heterocycles. The van der Waals surface area contributed by atoms with E-state index in [1.165, 1.54) is 0 Å². The van der Waals surface area contributed by atoms with Gasteiger partial charge in [-0.2, -0.15) is 0 Å². The van der Waals surface area contributed by atoms with Crippen LogP contribution in [0.15, 0.2) is 42.9 Å². The molecule has 0 amide bonds. The highest BCUT2D eigenvalue weighted by molar-refractivity contribution is 5.93. The molecule has 20 heavy (non-hydrogen) atoms. The summed E-state index contributed by atoms with van der Waals surface area (Å²) in [7, 11) is 0. The molecule has 0 bridgehead atoms. The van der Waals surface area contributed by atoms with Crippen molar-refractivity contribution in [1.29, 1.82) is 0 Å². The minimum Gasteiger partial charge on any atom is -0.491 e. The summed E-state index contributed by atoms with van der Waals surface area (Å²) in [5.41, 5.74) is 7.37. The van der Waals surface area contributed by atoms with Crippen LogP contribution >= 0.6 is 0 Å². The zero-order valence-electron chi connectivity index (χ0n) is 11.3. The van der Waals surface area contributed by atoms with Crippen LogP contribution in [-0.2, 0) is 6.54 Å². The fraction of sp³-hybridized carbons (Fsp3) is 0.200. The minimum atomic E-state index is 0.575. The van der Waals surface area contributed by atoms with E-state index >= 15 is 0 Å². The average molecular weight is 268 g/mol. The number of nitrogens with two attached hydrogens (primary N) is 1. The zero-order valence-corrected chi connectivity index (χ0v) is 11.3. The predicted molar refractivity (Wildman–Crippen MR) is 78.6 cm³/mol. The van der Waals surface area contributed by atoms with Crippen molar-refractivity contribution in [1.82, 2.24) is 14.5 Å². The number of ether oxygens (including phenoxy) is 1. The number of imidazole rings is 1. The largest absolute Gasteiger partial charge is 0.491 e. The third kappa shape index (κ3) is 2.30. The summed E-state index contributed by atoms with van der Waals surface area (Å²) in [6.45, 7) is 3.31. The van der Waals surface area contributed by atoms with Crippen molar-refractivity contribution in [2.75, 3.05) is 12.3 Å². The van der Waals surface area contributed by atoms with Gasteiger partial charge in [0.25, 0.3) is 0 Å². The molecule has 3 aromatic rings. The molecule has 0 radical (unpaired) electrons. The number of pyridine rings is 1. The summed E-state index contributed by atoms with van der Waals surface area (Å²) in [6, 6.07) is 7.57. The Balaban J connectivity index is 1.78. The summed E-state index contributed by atoms with van der Waals surface area (Å²) in [6.07, 6.45) is 5.47. The van der Waals surface area contributed by atoms with Gasteiger partial charge in [0.1, 0.15) is 18.2 Å². The number of benzene rings is 1. The second-order valence-electron chi connectivity index (χ2n) is 4.57. The highest BCUT2D eigenvalue weighted by Crippen LogP contribution is 2.28. The number of rotatable bonds is 4. The molecular weight excluding hydrogens is 252 g/mol. The monoisotopic (exact) mass is 268 g/mol. The normalized spacial score (nSPS) is 10.8. The Morgan fingerprint density at radius 1 is 1.20 bits per heavy atom. The third-order valence-corrected chi connectivity index (χ3v) is 3.27. The van der Waals surface area contributed by atoms with Crippen molar-refractivity contribution < 1.29 is 4.74 Å². The Kier molecular flexibility index (Phi) is 3.25. The fourth-order valence-corrected chi connectivity index (χ4v) is 2.19. The van der Waals surface area contributed by atoms with Gasteiger partial charge in [0.05, 0.1) is 17.7 Å². The molecule has 3 rings (SSSR count). The maximum Gasteiger partial charge on any atom is 0.128 e. The average Bonchev–Trinajstić information content (AvgIpc) is 2.87. The van der Waals surface area contributed by atoms with E-state index in [4.69, 9.17) is 10.5 Å². The molecule has 102 valence electrons. The van der Waals surface area contributed by atoms with E-state index in [9.17, 15) is 0 Å². The lowest BCUT2D eigenvalue weighted by molar-refractivity contribution is 0.300. The molecule has 5 heteroatoms. The second-order valence-corrected chi connectivity index (χ2v) is 4.57. The van der Waals surface area contributed by atoms with Gasteiger partial charge in [0, 0.05) is 24.0 Å². The number of aromatic nitrogens is 3. The molecule has 0 unspecified atom stereocenters. The minimum absolute atomic E-state index is 0.575. The first-order valence-electron chi connectivity index (χ1n) is 6.49. The summed E-state index contributed by atoms with van der Waals surface area (Å²) in [4.78, 5) is 8.48. The van der Waals surface area contributed by atoms with Gasteiger partial charge >= 0.3 is 0 Å². The molecule has 0 aliphatic carbocycles. The number of fused-ring (bicyclic) bond motifs is 1. The molecule has 0 atom stereocenters. The highest BCUT2D eigenvalue weighted by Gasteiger charge is 2.06. The van der Waals surface area contributed by atoms with Crippen molar-refractivity contribution in [2.45, 2.75) is 13.5 Å². The van der Waals surface area contributed by atoms with Crippen LogP contribution in [0.25, 0.3) is 10.9 Å². The number of hydrogen-bond donors (Lipinski definition) is 1. The molecule has 0 fully saturated rings. The van der Waals surface area contributed by atoms with E-state index in [-0.39, 0.29) is 0 Å². The Bertz CT molecular complexity index is 736. The number of anilines is 1.